The lowest BCUT2D eigenvalue weighted by atomic mass is 10.3. The molecule has 0 spiro atoms. The molecule has 12 heavy (non-hydrogen) atoms. The number of hydrogen-bond donors (Lipinski definition) is 1. The summed E-state index contributed by atoms with van der Waals surface area (Å²) in [5, 5.41) is 3.48. The Hall–Kier alpha value is -0.830. The van der Waals surface area contributed by atoms with Crippen molar-refractivity contribution in [2.24, 2.45) is 0 Å². The Bertz CT molecular complexity index is 252. The molecule has 1 N–H and O–H groups in total. The highest BCUT2D eigenvalue weighted by atomic mass is 35.5. The number of halogens is 1. The summed E-state index contributed by atoms with van der Waals surface area (Å²) < 4.78 is 0. The summed E-state index contributed by atoms with van der Waals surface area (Å²) in [5.41, 5.74) is 0. The summed E-state index contributed by atoms with van der Waals surface area (Å²) in [6.45, 7) is 4.20. The van der Waals surface area contributed by atoms with Gasteiger partial charge in [-0.15, -0.1) is 0 Å². The zero-order valence-electron chi connectivity index (χ0n) is 7.21. The van der Waals surface area contributed by atoms with E-state index in [1.165, 1.54) is 0 Å². The van der Waals surface area contributed by atoms with Gasteiger partial charge in [0.05, 0.1) is 0 Å². The minimum Gasteiger partial charge on any atom is -0.367 e. The Kier molecular flexibility index (Phi) is 3.29. The van der Waals surface area contributed by atoms with E-state index in [2.05, 4.69) is 29.1 Å². The maximum Gasteiger partial charge on any atom is 0.224 e. The fourth-order valence-corrected chi connectivity index (χ4v) is 0.917. The van der Waals surface area contributed by atoms with Crippen LogP contribution in [0.5, 0.6) is 0 Å². The maximum absolute atomic E-state index is 5.61. The number of rotatable bonds is 3. The van der Waals surface area contributed by atoms with Crippen LogP contribution in [0.2, 0.25) is 5.28 Å². The Balaban J connectivity index is 2.63. The molecule has 0 fully saturated rings. The van der Waals surface area contributed by atoms with Gasteiger partial charge in [-0.1, -0.05) is 6.92 Å². The molecule has 3 nitrogen and oxygen atoms in total. The van der Waals surface area contributed by atoms with E-state index >= 15 is 0 Å². The number of anilines is 1. The summed E-state index contributed by atoms with van der Waals surface area (Å²) in [7, 11) is 0. The van der Waals surface area contributed by atoms with Gasteiger partial charge in [0.1, 0.15) is 5.82 Å². The molecule has 1 unspecified atom stereocenters. The molecule has 66 valence electrons. The van der Waals surface area contributed by atoms with Gasteiger partial charge in [-0.2, -0.15) is 0 Å². The average molecular weight is 186 g/mol. The zero-order chi connectivity index (χ0) is 8.97. The normalized spacial score (nSPS) is 12.6. The van der Waals surface area contributed by atoms with Gasteiger partial charge in [0.2, 0.25) is 5.28 Å². The summed E-state index contributed by atoms with van der Waals surface area (Å²) in [4.78, 5) is 7.79. The number of nitrogens with zero attached hydrogens (tertiary/aromatic N) is 2. The summed E-state index contributed by atoms with van der Waals surface area (Å²) in [6, 6.07) is 2.22. The highest BCUT2D eigenvalue weighted by molar-refractivity contribution is 6.28. The minimum absolute atomic E-state index is 0.281. The summed E-state index contributed by atoms with van der Waals surface area (Å²) >= 11 is 5.61. The fraction of sp³-hybridized carbons (Fsp3) is 0.500. The Labute approximate surface area is 77.2 Å². The quantitative estimate of drug-likeness (QED) is 0.735. The first kappa shape index (κ1) is 9.26. The van der Waals surface area contributed by atoms with E-state index in [1.807, 2.05) is 0 Å². The molecule has 0 amide bonds. The van der Waals surface area contributed by atoms with Crippen LogP contribution in [0, 0.1) is 0 Å². The molecule has 1 aromatic heterocycles. The molecule has 0 aliphatic rings. The lowest BCUT2D eigenvalue weighted by Crippen LogP contribution is -2.14. The van der Waals surface area contributed by atoms with E-state index in [9.17, 15) is 0 Å². The van der Waals surface area contributed by atoms with Crippen LogP contribution in [0.25, 0.3) is 0 Å². The van der Waals surface area contributed by atoms with Gasteiger partial charge >= 0.3 is 0 Å². The molecule has 0 aromatic carbocycles. The second kappa shape index (κ2) is 4.26. The van der Waals surface area contributed by atoms with Crippen LogP contribution in [0.15, 0.2) is 12.3 Å². The van der Waals surface area contributed by atoms with E-state index in [0.29, 0.717) is 6.04 Å². The molecule has 0 saturated heterocycles. The molecule has 0 bridgehead atoms. The van der Waals surface area contributed by atoms with Crippen molar-refractivity contribution in [2.45, 2.75) is 26.3 Å². The number of hydrogen-bond acceptors (Lipinski definition) is 3. The standard InChI is InChI=1S/C8H12ClN3/c1-3-6(2)11-7-4-5-10-8(9)12-7/h4-6H,3H2,1-2H3,(H,10,11,12). The van der Waals surface area contributed by atoms with Crippen LogP contribution >= 0.6 is 11.6 Å². The monoisotopic (exact) mass is 185 g/mol. The van der Waals surface area contributed by atoms with Crippen LogP contribution in [0.3, 0.4) is 0 Å². The van der Waals surface area contributed by atoms with Gasteiger partial charge in [-0.25, -0.2) is 9.97 Å². The minimum atomic E-state index is 0.281. The van der Waals surface area contributed by atoms with Gasteiger partial charge < -0.3 is 5.32 Å². The molecular formula is C8H12ClN3. The van der Waals surface area contributed by atoms with Crippen molar-refractivity contribution in [2.75, 3.05) is 5.32 Å². The third-order valence-corrected chi connectivity index (χ3v) is 1.81. The van der Waals surface area contributed by atoms with Crippen LogP contribution in [-0.4, -0.2) is 16.0 Å². The van der Waals surface area contributed by atoms with Crippen molar-refractivity contribution in [1.29, 1.82) is 0 Å². The van der Waals surface area contributed by atoms with Gasteiger partial charge in [-0.3, -0.25) is 0 Å². The van der Waals surface area contributed by atoms with E-state index in [-0.39, 0.29) is 5.28 Å². The van der Waals surface area contributed by atoms with Gasteiger partial charge in [0.15, 0.2) is 0 Å². The Morgan fingerprint density at radius 3 is 3.00 bits per heavy atom. The molecule has 1 aromatic rings. The third kappa shape index (κ3) is 2.66. The summed E-state index contributed by atoms with van der Waals surface area (Å²) in [5.74, 6) is 0.782. The maximum atomic E-state index is 5.61. The number of nitrogens with one attached hydrogen (secondary N) is 1. The molecule has 1 rings (SSSR count). The smallest absolute Gasteiger partial charge is 0.224 e. The largest absolute Gasteiger partial charge is 0.367 e. The van der Waals surface area contributed by atoms with E-state index in [0.717, 1.165) is 12.2 Å². The van der Waals surface area contributed by atoms with Gasteiger partial charge in [0, 0.05) is 12.2 Å². The number of aromatic nitrogens is 2. The highest BCUT2D eigenvalue weighted by Gasteiger charge is 1.99. The molecule has 1 atom stereocenters. The Morgan fingerprint density at radius 2 is 2.42 bits per heavy atom. The van der Waals surface area contributed by atoms with Crippen LogP contribution in [0.1, 0.15) is 20.3 Å². The van der Waals surface area contributed by atoms with E-state index in [1.54, 1.807) is 12.3 Å². The molecule has 0 saturated carbocycles. The molecule has 1 heterocycles. The van der Waals surface area contributed by atoms with Crippen molar-refractivity contribution < 1.29 is 0 Å². The SMILES string of the molecule is CCC(C)Nc1ccnc(Cl)n1. The average Bonchev–Trinajstić information content (AvgIpc) is 2.04. The zero-order valence-corrected chi connectivity index (χ0v) is 7.97. The van der Waals surface area contributed by atoms with Crippen LogP contribution < -0.4 is 5.32 Å². The van der Waals surface area contributed by atoms with Crippen molar-refractivity contribution in [3.05, 3.63) is 17.5 Å². The molecule has 4 heteroatoms. The van der Waals surface area contributed by atoms with E-state index in [4.69, 9.17) is 11.6 Å². The predicted molar refractivity (Wildman–Crippen MR) is 50.4 cm³/mol. The van der Waals surface area contributed by atoms with Crippen molar-refractivity contribution in [3.8, 4) is 0 Å². The first-order valence-corrected chi connectivity index (χ1v) is 4.35. The Morgan fingerprint density at radius 1 is 1.67 bits per heavy atom. The lowest BCUT2D eigenvalue weighted by Gasteiger charge is -2.11. The topological polar surface area (TPSA) is 37.8 Å². The van der Waals surface area contributed by atoms with Crippen molar-refractivity contribution in [1.82, 2.24) is 9.97 Å². The summed E-state index contributed by atoms with van der Waals surface area (Å²) in [6.07, 6.45) is 2.70. The van der Waals surface area contributed by atoms with Crippen LogP contribution in [0.4, 0.5) is 5.82 Å². The van der Waals surface area contributed by atoms with Gasteiger partial charge in [0.25, 0.3) is 0 Å². The highest BCUT2D eigenvalue weighted by Crippen LogP contribution is 2.07. The van der Waals surface area contributed by atoms with Crippen LogP contribution in [-0.2, 0) is 0 Å². The first-order valence-electron chi connectivity index (χ1n) is 3.97. The molecule has 0 aliphatic heterocycles. The lowest BCUT2D eigenvalue weighted by molar-refractivity contribution is 0.758. The molecule has 0 aliphatic carbocycles. The molecule has 0 radical (unpaired) electrons. The van der Waals surface area contributed by atoms with Crippen molar-refractivity contribution in [3.63, 3.8) is 0 Å². The second-order valence-corrected chi connectivity index (χ2v) is 3.00. The van der Waals surface area contributed by atoms with Gasteiger partial charge in [-0.05, 0) is 31.0 Å². The van der Waals surface area contributed by atoms with E-state index < -0.39 is 0 Å². The second-order valence-electron chi connectivity index (χ2n) is 2.66. The predicted octanol–water partition coefficient (Wildman–Crippen LogP) is 2.34. The van der Waals surface area contributed by atoms with Crippen molar-refractivity contribution >= 4 is 17.4 Å². The molecular weight excluding hydrogens is 174 g/mol. The first-order chi connectivity index (χ1) is 5.72. The fourth-order valence-electron chi connectivity index (χ4n) is 0.770. The third-order valence-electron chi connectivity index (χ3n) is 1.63.